The van der Waals surface area contributed by atoms with E-state index in [1.54, 1.807) is 23.6 Å². The second-order valence-electron chi connectivity index (χ2n) is 4.48. The zero-order valence-electron chi connectivity index (χ0n) is 10.8. The fraction of sp³-hybridized carbons (Fsp3) is 0.462. The van der Waals surface area contributed by atoms with E-state index in [9.17, 15) is 13.6 Å². The summed E-state index contributed by atoms with van der Waals surface area (Å²) < 4.78 is 26.8. The molecule has 19 heavy (non-hydrogen) atoms. The molecule has 1 heterocycles. The van der Waals surface area contributed by atoms with Gasteiger partial charge in [-0.15, -0.1) is 0 Å². The van der Waals surface area contributed by atoms with E-state index in [-0.39, 0.29) is 11.9 Å². The molecule has 1 N–H and O–H groups in total. The largest absolute Gasteiger partial charge is 0.321 e. The molecule has 1 aromatic carbocycles. The van der Waals surface area contributed by atoms with Gasteiger partial charge in [-0.1, -0.05) is 0 Å². The standard InChI is InChI=1S/C13H16F2N2OS/c1-8-13(18)17(5-6-19-2)12(16-8)10-4-3-9(14)7-11(10)15/h3-4,7-8,12,16H,5-6H2,1-2H3. The lowest BCUT2D eigenvalue weighted by atomic mass is 10.1. The van der Waals surface area contributed by atoms with Crippen molar-refractivity contribution < 1.29 is 13.6 Å². The van der Waals surface area contributed by atoms with Crippen LogP contribution in [0.25, 0.3) is 0 Å². The van der Waals surface area contributed by atoms with Crippen molar-refractivity contribution in [1.29, 1.82) is 0 Å². The first kappa shape index (κ1) is 14.3. The van der Waals surface area contributed by atoms with Crippen LogP contribution in [0.4, 0.5) is 8.78 Å². The lowest BCUT2D eigenvalue weighted by Gasteiger charge is -2.24. The molecule has 0 spiro atoms. The Balaban J connectivity index is 2.28. The van der Waals surface area contributed by atoms with Gasteiger partial charge in [-0.3, -0.25) is 10.1 Å². The molecule has 0 saturated carbocycles. The summed E-state index contributed by atoms with van der Waals surface area (Å²) in [5.74, 6) is -0.523. The monoisotopic (exact) mass is 286 g/mol. The molecule has 0 aliphatic carbocycles. The van der Waals surface area contributed by atoms with Crippen LogP contribution < -0.4 is 5.32 Å². The van der Waals surface area contributed by atoms with Gasteiger partial charge in [0.2, 0.25) is 5.91 Å². The van der Waals surface area contributed by atoms with Crippen LogP contribution in [0.15, 0.2) is 18.2 Å². The van der Waals surface area contributed by atoms with E-state index in [1.165, 1.54) is 12.1 Å². The topological polar surface area (TPSA) is 32.3 Å². The van der Waals surface area contributed by atoms with Crippen LogP contribution in [-0.4, -0.2) is 35.4 Å². The summed E-state index contributed by atoms with van der Waals surface area (Å²) in [6.07, 6.45) is 1.43. The number of hydrogen-bond acceptors (Lipinski definition) is 3. The molecule has 6 heteroatoms. The molecular formula is C13H16F2N2OS. The van der Waals surface area contributed by atoms with E-state index in [2.05, 4.69) is 5.32 Å². The zero-order valence-corrected chi connectivity index (χ0v) is 11.6. The van der Waals surface area contributed by atoms with E-state index in [4.69, 9.17) is 0 Å². The van der Waals surface area contributed by atoms with Gasteiger partial charge in [0.1, 0.15) is 17.8 Å². The molecule has 1 aliphatic rings. The molecule has 3 nitrogen and oxygen atoms in total. The highest BCUT2D eigenvalue weighted by atomic mass is 32.2. The number of halogens is 2. The number of nitrogens with one attached hydrogen (secondary N) is 1. The maximum absolute atomic E-state index is 13.8. The van der Waals surface area contributed by atoms with E-state index < -0.39 is 17.8 Å². The van der Waals surface area contributed by atoms with Gasteiger partial charge in [0.15, 0.2) is 0 Å². The van der Waals surface area contributed by atoms with Crippen molar-refractivity contribution in [2.75, 3.05) is 18.6 Å². The van der Waals surface area contributed by atoms with Crippen molar-refractivity contribution in [1.82, 2.24) is 10.2 Å². The second kappa shape index (κ2) is 5.88. The first-order valence-electron chi connectivity index (χ1n) is 6.05. The molecule has 0 bridgehead atoms. The lowest BCUT2D eigenvalue weighted by molar-refractivity contribution is -0.129. The van der Waals surface area contributed by atoms with Crippen molar-refractivity contribution in [3.8, 4) is 0 Å². The Labute approximate surface area is 115 Å². The van der Waals surface area contributed by atoms with Gasteiger partial charge in [0.05, 0.1) is 6.04 Å². The molecule has 1 fully saturated rings. The predicted molar refractivity (Wildman–Crippen MR) is 71.8 cm³/mol. The highest BCUT2D eigenvalue weighted by Gasteiger charge is 2.37. The molecule has 0 aromatic heterocycles. The molecule has 1 saturated heterocycles. The van der Waals surface area contributed by atoms with Gasteiger partial charge in [0.25, 0.3) is 0 Å². The van der Waals surface area contributed by atoms with Gasteiger partial charge < -0.3 is 4.90 Å². The van der Waals surface area contributed by atoms with Crippen LogP contribution in [0.2, 0.25) is 0 Å². The Bertz CT molecular complexity index is 484. The normalized spacial score (nSPS) is 23.2. The van der Waals surface area contributed by atoms with E-state index >= 15 is 0 Å². The molecule has 104 valence electrons. The Kier molecular flexibility index (Phi) is 4.42. The van der Waals surface area contributed by atoms with Gasteiger partial charge in [-0.25, -0.2) is 8.78 Å². The van der Waals surface area contributed by atoms with E-state index in [0.29, 0.717) is 12.1 Å². The Morgan fingerprint density at radius 3 is 2.79 bits per heavy atom. The summed E-state index contributed by atoms with van der Waals surface area (Å²) in [6.45, 7) is 2.29. The first-order chi connectivity index (χ1) is 9.04. The van der Waals surface area contributed by atoms with Crippen LogP contribution in [0.5, 0.6) is 0 Å². The Morgan fingerprint density at radius 2 is 2.16 bits per heavy atom. The number of benzene rings is 1. The van der Waals surface area contributed by atoms with Gasteiger partial charge >= 0.3 is 0 Å². The fourth-order valence-corrected chi connectivity index (χ4v) is 2.56. The second-order valence-corrected chi connectivity index (χ2v) is 5.47. The lowest BCUT2D eigenvalue weighted by Crippen LogP contribution is -2.33. The van der Waals surface area contributed by atoms with Gasteiger partial charge in [-0.05, 0) is 25.3 Å². The number of amides is 1. The first-order valence-corrected chi connectivity index (χ1v) is 7.44. The summed E-state index contributed by atoms with van der Waals surface area (Å²) in [4.78, 5) is 13.6. The summed E-state index contributed by atoms with van der Waals surface area (Å²) >= 11 is 1.62. The van der Waals surface area contributed by atoms with Crippen LogP contribution in [0, 0.1) is 11.6 Å². The van der Waals surface area contributed by atoms with Crippen LogP contribution >= 0.6 is 11.8 Å². The molecule has 1 aromatic rings. The number of rotatable bonds is 4. The van der Waals surface area contributed by atoms with Crippen molar-refractivity contribution in [2.24, 2.45) is 0 Å². The zero-order chi connectivity index (χ0) is 14.0. The third kappa shape index (κ3) is 2.90. The highest BCUT2D eigenvalue weighted by molar-refractivity contribution is 7.98. The smallest absolute Gasteiger partial charge is 0.241 e. The Morgan fingerprint density at radius 1 is 1.42 bits per heavy atom. The molecule has 2 rings (SSSR count). The quantitative estimate of drug-likeness (QED) is 0.920. The fourth-order valence-electron chi connectivity index (χ4n) is 2.18. The van der Waals surface area contributed by atoms with Crippen molar-refractivity contribution in [3.05, 3.63) is 35.4 Å². The van der Waals surface area contributed by atoms with Crippen LogP contribution in [0.3, 0.4) is 0 Å². The number of nitrogens with zero attached hydrogens (tertiary/aromatic N) is 1. The van der Waals surface area contributed by atoms with E-state index in [0.717, 1.165) is 11.8 Å². The number of hydrogen-bond donors (Lipinski definition) is 1. The Hall–Kier alpha value is -1.14. The minimum atomic E-state index is -0.631. The number of thioether (sulfide) groups is 1. The van der Waals surface area contributed by atoms with Gasteiger partial charge in [0, 0.05) is 23.9 Å². The molecular weight excluding hydrogens is 270 g/mol. The average molecular weight is 286 g/mol. The minimum absolute atomic E-state index is 0.0530. The van der Waals surface area contributed by atoms with Crippen molar-refractivity contribution in [3.63, 3.8) is 0 Å². The summed E-state index contributed by atoms with van der Waals surface area (Å²) in [6, 6.07) is 3.09. The summed E-state index contributed by atoms with van der Waals surface area (Å²) in [5.41, 5.74) is 0.306. The van der Waals surface area contributed by atoms with Crippen LogP contribution in [-0.2, 0) is 4.79 Å². The SMILES string of the molecule is CSCCN1C(=O)C(C)NC1c1ccc(F)cc1F. The number of carbonyl (C=O) groups excluding carboxylic acids is 1. The molecule has 1 aliphatic heterocycles. The van der Waals surface area contributed by atoms with E-state index in [1.807, 2.05) is 6.26 Å². The summed E-state index contributed by atoms with van der Waals surface area (Å²) in [7, 11) is 0. The minimum Gasteiger partial charge on any atom is -0.321 e. The third-order valence-electron chi connectivity index (χ3n) is 3.17. The summed E-state index contributed by atoms with van der Waals surface area (Å²) in [5, 5.41) is 3.04. The third-order valence-corrected chi connectivity index (χ3v) is 3.76. The van der Waals surface area contributed by atoms with Crippen molar-refractivity contribution >= 4 is 17.7 Å². The molecule has 0 radical (unpaired) electrons. The van der Waals surface area contributed by atoms with Crippen LogP contribution in [0.1, 0.15) is 18.7 Å². The maximum atomic E-state index is 13.8. The maximum Gasteiger partial charge on any atom is 0.241 e. The molecule has 2 unspecified atom stereocenters. The van der Waals surface area contributed by atoms with Gasteiger partial charge in [-0.2, -0.15) is 11.8 Å². The predicted octanol–water partition coefficient (Wildman–Crippen LogP) is 2.15. The highest BCUT2D eigenvalue weighted by Crippen LogP contribution is 2.27. The van der Waals surface area contributed by atoms with Crippen molar-refractivity contribution in [2.45, 2.75) is 19.1 Å². The average Bonchev–Trinajstić information content (AvgIpc) is 2.63. The molecule has 2 atom stereocenters. The number of carbonyl (C=O) groups is 1. The molecule has 1 amide bonds.